The van der Waals surface area contributed by atoms with Crippen LogP contribution >= 0.6 is 24.8 Å². The molecule has 30 heavy (non-hydrogen) atoms. The number of nitrogens with two attached hydrogens (primary N) is 1. The normalized spacial score (nSPS) is 14.6. The van der Waals surface area contributed by atoms with Gasteiger partial charge in [0.1, 0.15) is 24.7 Å². The lowest BCUT2D eigenvalue weighted by Crippen LogP contribution is -2.52. The Morgan fingerprint density at radius 1 is 1.07 bits per heavy atom. The molecule has 0 saturated heterocycles. The van der Waals surface area contributed by atoms with Crippen LogP contribution in [0.2, 0.25) is 0 Å². The van der Waals surface area contributed by atoms with Crippen LogP contribution in [-0.2, 0) is 17.9 Å². The molecule has 1 aliphatic rings. The highest BCUT2D eigenvalue weighted by atomic mass is 35.5. The Labute approximate surface area is 189 Å². The van der Waals surface area contributed by atoms with Gasteiger partial charge in [-0.25, -0.2) is 4.98 Å². The van der Waals surface area contributed by atoms with E-state index >= 15 is 0 Å². The van der Waals surface area contributed by atoms with Crippen LogP contribution in [-0.4, -0.2) is 27.5 Å². The number of para-hydroxylation sites is 3. The van der Waals surface area contributed by atoms with Crippen molar-refractivity contribution in [2.24, 2.45) is 5.73 Å². The fourth-order valence-electron chi connectivity index (χ4n) is 3.99. The van der Waals surface area contributed by atoms with Crippen molar-refractivity contribution in [1.82, 2.24) is 14.9 Å². The summed E-state index contributed by atoms with van der Waals surface area (Å²) in [4.78, 5) is 17.5. The summed E-state index contributed by atoms with van der Waals surface area (Å²) in [7, 11) is 0. The molecule has 1 saturated carbocycles. The number of hydrogen-bond donors (Lipinski definition) is 2. The molecule has 0 aliphatic heterocycles. The van der Waals surface area contributed by atoms with Crippen molar-refractivity contribution in [3.63, 3.8) is 0 Å². The maximum atomic E-state index is 12.8. The summed E-state index contributed by atoms with van der Waals surface area (Å²) >= 11 is 0. The molecule has 1 aliphatic carbocycles. The average Bonchev–Trinajstić information content (AvgIpc) is 3.33. The molecule has 1 amide bonds. The summed E-state index contributed by atoms with van der Waals surface area (Å²) in [5, 5.41) is 3.19. The Hall–Kier alpha value is -2.28. The number of imidazole rings is 1. The van der Waals surface area contributed by atoms with Gasteiger partial charge in [0.15, 0.2) is 0 Å². The van der Waals surface area contributed by atoms with E-state index in [2.05, 4.69) is 10.3 Å². The van der Waals surface area contributed by atoms with E-state index in [0.29, 0.717) is 13.2 Å². The zero-order valence-corrected chi connectivity index (χ0v) is 18.4. The lowest BCUT2D eigenvalue weighted by Gasteiger charge is -2.29. The number of benzene rings is 2. The standard InChI is InChI=1S/C22H26N4O2.2ClH/c23-16-22(12-6-7-13-22)25-21(27)14-26-19-11-5-4-10-18(19)24-20(26)15-28-17-8-2-1-3-9-17;;/h1-5,8-11H,6-7,12-16,23H2,(H,25,27);2*1H. The second-order valence-electron chi connectivity index (χ2n) is 7.44. The number of amides is 1. The van der Waals surface area contributed by atoms with Gasteiger partial charge in [-0.15, -0.1) is 24.8 Å². The first-order chi connectivity index (χ1) is 13.7. The van der Waals surface area contributed by atoms with Crippen LogP contribution < -0.4 is 15.8 Å². The van der Waals surface area contributed by atoms with Crippen LogP contribution in [0.1, 0.15) is 31.5 Å². The Morgan fingerprint density at radius 3 is 2.43 bits per heavy atom. The average molecular weight is 451 g/mol. The summed E-state index contributed by atoms with van der Waals surface area (Å²) in [5.74, 6) is 1.48. The van der Waals surface area contributed by atoms with Crippen molar-refractivity contribution in [3.05, 3.63) is 60.4 Å². The maximum absolute atomic E-state index is 12.8. The SMILES string of the molecule is Cl.Cl.NCC1(NC(=O)Cn2c(COc3ccccc3)nc3ccccc32)CCCC1. The number of carbonyl (C=O) groups excluding carboxylic acids is 1. The van der Waals surface area contributed by atoms with E-state index in [4.69, 9.17) is 10.5 Å². The first kappa shape index (κ1) is 24.0. The van der Waals surface area contributed by atoms with Crippen LogP contribution in [0.5, 0.6) is 5.75 Å². The van der Waals surface area contributed by atoms with Crippen molar-refractivity contribution >= 4 is 41.8 Å². The second kappa shape index (κ2) is 10.7. The summed E-state index contributed by atoms with van der Waals surface area (Å²) in [6, 6.07) is 17.5. The zero-order chi connectivity index (χ0) is 19.4. The largest absolute Gasteiger partial charge is 0.486 e. The topological polar surface area (TPSA) is 82.2 Å². The van der Waals surface area contributed by atoms with Crippen LogP contribution in [0.4, 0.5) is 0 Å². The lowest BCUT2D eigenvalue weighted by molar-refractivity contribution is -0.123. The molecule has 3 aromatic rings. The van der Waals surface area contributed by atoms with E-state index in [-0.39, 0.29) is 42.8 Å². The van der Waals surface area contributed by atoms with E-state index < -0.39 is 0 Å². The molecule has 162 valence electrons. The number of halogens is 2. The molecule has 0 atom stereocenters. The molecular weight excluding hydrogens is 423 g/mol. The molecule has 2 aromatic carbocycles. The predicted molar refractivity (Wildman–Crippen MR) is 123 cm³/mol. The summed E-state index contributed by atoms with van der Waals surface area (Å²) < 4.78 is 7.82. The number of carbonyl (C=O) groups is 1. The summed E-state index contributed by atoms with van der Waals surface area (Å²) in [6.07, 6.45) is 4.12. The molecule has 1 fully saturated rings. The zero-order valence-electron chi connectivity index (χ0n) is 16.8. The van der Waals surface area contributed by atoms with E-state index in [9.17, 15) is 4.79 Å². The quantitative estimate of drug-likeness (QED) is 0.572. The lowest BCUT2D eigenvalue weighted by atomic mass is 9.98. The fourth-order valence-corrected chi connectivity index (χ4v) is 3.99. The van der Waals surface area contributed by atoms with Crippen molar-refractivity contribution in [2.45, 2.75) is 44.4 Å². The van der Waals surface area contributed by atoms with Gasteiger partial charge in [0, 0.05) is 6.54 Å². The van der Waals surface area contributed by atoms with Gasteiger partial charge in [0.05, 0.1) is 16.6 Å². The first-order valence-electron chi connectivity index (χ1n) is 9.82. The van der Waals surface area contributed by atoms with Gasteiger partial charge in [-0.3, -0.25) is 4.79 Å². The Balaban J connectivity index is 0.00000160. The number of rotatable bonds is 7. The maximum Gasteiger partial charge on any atom is 0.240 e. The minimum Gasteiger partial charge on any atom is -0.486 e. The predicted octanol–water partition coefficient (Wildman–Crippen LogP) is 3.85. The van der Waals surface area contributed by atoms with Gasteiger partial charge in [-0.1, -0.05) is 43.2 Å². The highest BCUT2D eigenvalue weighted by Gasteiger charge is 2.34. The number of nitrogens with zero attached hydrogens (tertiary/aromatic N) is 2. The Kier molecular flexibility index (Phi) is 8.53. The van der Waals surface area contributed by atoms with Gasteiger partial charge < -0.3 is 20.4 Å². The van der Waals surface area contributed by atoms with Crippen molar-refractivity contribution in [2.75, 3.05) is 6.54 Å². The molecular formula is C22H28Cl2N4O2. The molecule has 0 radical (unpaired) electrons. The van der Waals surface area contributed by atoms with E-state index in [1.165, 1.54) is 0 Å². The smallest absolute Gasteiger partial charge is 0.240 e. The third kappa shape index (κ3) is 5.25. The monoisotopic (exact) mass is 450 g/mol. The summed E-state index contributed by atoms with van der Waals surface area (Å²) in [5.41, 5.74) is 7.50. The number of nitrogens with one attached hydrogen (secondary N) is 1. The molecule has 3 N–H and O–H groups in total. The molecule has 0 unspecified atom stereocenters. The Morgan fingerprint density at radius 2 is 1.73 bits per heavy atom. The van der Waals surface area contributed by atoms with Gasteiger partial charge in [-0.05, 0) is 37.1 Å². The highest BCUT2D eigenvalue weighted by molar-refractivity contribution is 5.85. The van der Waals surface area contributed by atoms with Crippen molar-refractivity contribution in [3.8, 4) is 5.75 Å². The summed E-state index contributed by atoms with van der Waals surface area (Å²) in [6.45, 7) is 0.983. The van der Waals surface area contributed by atoms with Gasteiger partial charge in [0.2, 0.25) is 5.91 Å². The minimum absolute atomic E-state index is 0. The van der Waals surface area contributed by atoms with E-state index in [1.54, 1.807) is 0 Å². The number of ether oxygens (including phenoxy) is 1. The van der Waals surface area contributed by atoms with Crippen molar-refractivity contribution < 1.29 is 9.53 Å². The molecule has 8 heteroatoms. The van der Waals surface area contributed by atoms with Crippen molar-refractivity contribution in [1.29, 1.82) is 0 Å². The van der Waals surface area contributed by atoms with Crippen LogP contribution in [0.15, 0.2) is 54.6 Å². The number of fused-ring (bicyclic) bond motifs is 1. The highest BCUT2D eigenvalue weighted by Crippen LogP contribution is 2.28. The third-order valence-corrected chi connectivity index (χ3v) is 5.50. The third-order valence-electron chi connectivity index (χ3n) is 5.50. The Bertz CT molecular complexity index is 956. The minimum atomic E-state index is -0.256. The molecule has 6 nitrogen and oxygen atoms in total. The van der Waals surface area contributed by atoms with E-state index in [0.717, 1.165) is 48.3 Å². The van der Waals surface area contributed by atoms with Crippen LogP contribution in [0.3, 0.4) is 0 Å². The van der Waals surface area contributed by atoms with Crippen LogP contribution in [0.25, 0.3) is 11.0 Å². The molecule has 0 spiro atoms. The molecule has 4 rings (SSSR count). The van der Waals surface area contributed by atoms with Crippen LogP contribution in [0, 0.1) is 0 Å². The molecule has 0 bridgehead atoms. The van der Waals surface area contributed by atoms with E-state index in [1.807, 2.05) is 59.2 Å². The second-order valence-corrected chi connectivity index (χ2v) is 7.44. The fraction of sp³-hybridized carbons (Fsp3) is 0.364. The first-order valence-corrected chi connectivity index (χ1v) is 9.82. The molecule has 1 aromatic heterocycles. The van der Waals surface area contributed by atoms with Gasteiger partial charge in [-0.2, -0.15) is 0 Å². The van der Waals surface area contributed by atoms with Gasteiger partial charge in [0.25, 0.3) is 0 Å². The van der Waals surface area contributed by atoms with Gasteiger partial charge >= 0.3 is 0 Å². The molecule has 1 heterocycles. The number of aromatic nitrogens is 2. The number of hydrogen-bond acceptors (Lipinski definition) is 4.